The number of hydrogen-bond donors (Lipinski definition) is 1. The van der Waals surface area contributed by atoms with Gasteiger partial charge in [-0.05, 0) is 30.0 Å². The zero-order chi connectivity index (χ0) is 18.5. The summed E-state index contributed by atoms with van der Waals surface area (Å²) in [4.78, 5) is 19.2. The molecule has 0 radical (unpaired) electrons. The highest BCUT2D eigenvalue weighted by Gasteiger charge is 2.17. The van der Waals surface area contributed by atoms with Crippen LogP contribution in [0, 0.1) is 11.3 Å². The van der Waals surface area contributed by atoms with Crippen LogP contribution in [-0.2, 0) is 6.61 Å². The average Bonchev–Trinajstić information content (AvgIpc) is 2.67. The average molecular weight is 384 g/mol. The number of aromatic nitrogens is 2. The summed E-state index contributed by atoms with van der Waals surface area (Å²) in [7, 11) is 0. The number of halogens is 1. The van der Waals surface area contributed by atoms with Crippen molar-refractivity contribution in [1.29, 1.82) is 5.26 Å². The fourth-order valence-corrected chi connectivity index (χ4v) is 2.95. The molecule has 0 amide bonds. The van der Waals surface area contributed by atoms with E-state index in [1.54, 1.807) is 24.5 Å². The number of nitriles is 1. The van der Waals surface area contributed by atoms with Gasteiger partial charge in [-0.1, -0.05) is 53.7 Å². The number of thioether (sulfide) groups is 1. The Bertz CT molecular complexity index is 1030. The first-order valence-electron chi connectivity index (χ1n) is 7.67. The summed E-state index contributed by atoms with van der Waals surface area (Å²) in [5.41, 5.74) is 1.19. The molecule has 0 aliphatic rings. The minimum absolute atomic E-state index is 0.0744. The van der Waals surface area contributed by atoms with Gasteiger partial charge in [0.05, 0.1) is 0 Å². The van der Waals surface area contributed by atoms with Gasteiger partial charge < -0.3 is 9.72 Å². The number of nitrogens with one attached hydrogen (secondary N) is 1. The van der Waals surface area contributed by atoms with Crippen LogP contribution < -0.4 is 10.3 Å². The van der Waals surface area contributed by atoms with Crippen molar-refractivity contribution >= 4 is 23.4 Å². The summed E-state index contributed by atoms with van der Waals surface area (Å²) < 4.78 is 5.92. The standard InChI is InChI=1S/C19H14ClN3O2S/c1-26-19-22-17(15(10-21)18(24)23-19)14-9-13(20)7-8-16(14)25-11-12-5-3-2-4-6-12/h2-9H,11H2,1H3,(H,22,23,24). The molecule has 3 rings (SSSR count). The lowest BCUT2D eigenvalue weighted by Gasteiger charge is -2.13. The second-order valence-electron chi connectivity index (χ2n) is 5.33. The molecule has 1 N–H and O–H groups in total. The first-order valence-corrected chi connectivity index (χ1v) is 9.27. The maximum Gasteiger partial charge on any atom is 0.270 e. The molecule has 5 nitrogen and oxygen atoms in total. The summed E-state index contributed by atoms with van der Waals surface area (Å²) >= 11 is 7.42. The van der Waals surface area contributed by atoms with E-state index in [0.717, 1.165) is 5.56 Å². The highest BCUT2D eigenvalue weighted by molar-refractivity contribution is 7.98. The lowest BCUT2D eigenvalue weighted by molar-refractivity contribution is 0.307. The van der Waals surface area contributed by atoms with Crippen LogP contribution in [0.3, 0.4) is 0 Å². The Morgan fingerprint density at radius 2 is 2.04 bits per heavy atom. The predicted molar refractivity (Wildman–Crippen MR) is 103 cm³/mol. The molecule has 26 heavy (non-hydrogen) atoms. The first-order chi connectivity index (χ1) is 12.6. The molecule has 0 unspecified atom stereocenters. The number of aromatic amines is 1. The number of benzene rings is 2. The molecule has 0 saturated heterocycles. The number of rotatable bonds is 5. The molecule has 0 fully saturated rings. The highest BCUT2D eigenvalue weighted by Crippen LogP contribution is 2.33. The lowest BCUT2D eigenvalue weighted by atomic mass is 10.1. The fourth-order valence-electron chi connectivity index (χ4n) is 2.40. The summed E-state index contributed by atoms with van der Waals surface area (Å²) in [6.45, 7) is 0.343. The van der Waals surface area contributed by atoms with Gasteiger partial charge in [0.25, 0.3) is 5.56 Å². The van der Waals surface area contributed by atoms with Gasteiger partial charge in [-0.15, -0.1) is 0 Å². The van der Waals surface area contributed by atoms with E-state index in [1.165, 1.54) is 11.8 Å². The van der Waals surface area contributed by atoms with Crippen molar-refractivity contribution in [2.75, 3.05) is 6.26 Å². The molecule has 0 aliphatic heterocycles. The Morgan fingerprint density at radius 3 is 2.73 bits per heavy atom. The van der Waals surface area contributed by atoms with Gasteiger partial charge in [0, 0.05) is 10.6 Å². The minimum Gasteiger partial charge on any atom is -0.488 e. The monoisotopic (exact) mass is 383 g/mol. The molecule has 130 valence electrons. The van der Waals surface area contributed by atoms with E-state index in [2.05, 4.69) is 9.97 Å². The zero-order valence-electron chi connectivity index (χ0n) is 13.8. The predicted octanol–water partition coefficient (Wildman–Crippen LogP) is 4.26. The Morgan fingerprint density at radius 1 is 1.27 bits per heavy atom. The van der Waals surface area contributed by atoms with Gasteiger partial charge in [0.15, 0.2) is 5.16 Å². The van der Waals surface area contributed by atoms with E-state index in [9.17, 15) is 10.1 Å². The van der Waals surface area contributed by atoms with Crippen LogP contribution in [0.2, 0.25) is 5.02 Å². The van der Waals surface area contributed by atoms with Crippen LogP contribution in [0.25, 0.3) is 11.3 Å². The Kier molecular flexibility index (Phi) is 5.61. The van der Waals surface area contributed by atoms with Crippen molar-refractivity contribution in [3.8, 4) is 23.1 Å². The second-order valence-corrected chi connectivity index (χ2v) is 6.56. The van der Waals surface area contributed by atoms with E-state index >= 15 is 0 Å². The van der Waals surface area contributed by atoms with Gasteiger partial charge in [0.1, 0.15) is 29.7 Å². The van der Waals surface area contributed by atoms with Crippen molar-refractivity contribution in [2.45, 2.75) is 11.8 Å². The summed E-state index contributed by atoms with van der Waals surface area (Å²) in [5.74, 6) is 0.500. The SMILES string of the molecule is CSc1nc(-c2cc(Cl)ccc2OCc2ccccc2)c(C#N)c(=O)[nH]1. The third kappa shape index (κ3) is 3.90. The van der Waals surface area contributed by atoms with Crippen molar-refractivity contribution < 1.29 is 4.74 Å². The number of nitrogens with zero attached hydrogens (tertiary/aromatic N) is 2. The quantitative estimate of drug-likeness (QED) is 0.526. The molecule has 0 spiro atoms. The van der Waals surface area contributed by atoms with Crippen LogP contribution in [0.15, 0.2) is 58.5 Å². The zero-order valence-corrected chi connectivity index (χ0v) is 15.4. The maximum absolute atomic E-state index is 12.2. The van der Waals surface area contributed by atoms with E-state index in [4.69, 9.17) is 16.3 Å². The highest BCUT2D eigenvalue weighted by atomic mass is 35.5. The Balaban J connectivity index is 2.08. The van der Waals surface area contributed by atoms with Crippen molar-refractivity contribution in [3.63, 3.8) is 0 Å². The largest absolute Gasteiger partial charge is 0.488 e. The van der Waals surface area contributed by atoms with E-state index in [-0.39, 0.29) is 11.3 Å². The molecule has 1 aromatic heterocycles. The molecule has 2 aromatic carbocycles. The van der Waals surface area contributed by atoms with Crippen LogP contribution in [-0.4, -0.2) is 16.2 Å². The molecular formula is C19H14ClN3O2S. The second kappa shape index (κ2) is 8.09. The van der Waals surface area contributed by atoms with Crippen LogP contribution in [0.5, 0.6) is 5.75 Å². The molecule has 0 aliphatic carbocycles. The smallest absolute Gasteiger partial charge is 0.270 e. The van der Waals surface area contributed by atoms with Crippen molar-refractivity contribution in [2.24, 2.45) is 0 Å². The Labute approximate surface area is 159 Å². The third-order valence-electron chi connectivity index (χ3n) is 3.64. The van der Waals surface area contributed by atoms with Gasteiger partial charge in [-0.3, -0.25) is 4.79 Å². The van der Waals surface area contributed by atoms with Crippen LogP contribution in [0.1, 0.15) is 11.1 Å². The molecule has 0 bridgehead atoms. The molecule has 1 heterocycles. The first kappa shape index (κ1) is 18.1. The van der Waals surface area contributed by atoms with E-state index < -0.39 is 5.56 Å². The normalized spacial score (nSPS) is 10.3. The van der Waals surface area contributed by atoms with Crippen molar-refractivity contribution in [1.82, 2.24) is 9.97 Å². The van der Waals surface area contributed by atoms with Gasteiger partial charge >= 0.3 is 0 Å². The Hall–Kier alpha value is -2.75. The summed E-state index contributed by atoms with van der Waals surface area (Å²) in [6, 6.07) is 16.7. The summed E-state index contributed by atoms with van der Waals surface area (Å²) in [5, 5.41) is 10.3. The van der Waals surface area contributed by atoms with E-state index in [0.29, 0.717) is 28.1 Å². The minimum atomic E-state index is -0.490. The number of ether oxygens (including phenoxy) is 1. The molecule has 0 saturated carbocycles. The van der Waals surface area contributed by atoms with Crippen LogP contribution >= 0.6 is 23.4 Å². The van der Waals surface area contributed by atoms with Gasteiger partial charge in [-0.2, -0.15) is 5.26 Å². The fraction of sp³-hybridized carbons (Fsp3) is 0.105. The molecule has 0 atom stereocenters. The third-order valence-corrected chi connectivity index (χ3v) is 4.45. The van der Waals surface area contributed by atoms with Gasteiger partial charge in [-0.25, -0.2) is 4.98 Å². The molecular weight excluding hydrogens is 370 g/mol. The van der Waals surface area contributed by atoms with Gasteiger partial charge in [0.2, 0.25) is 0 Å². The van der Waals surface area contributed by atoms with Crippen molar-refractivity contribution in [3.05, 3.63) is 75.0 Å². The molecule has 3 aromatic rings. The van der Waals surface area contributed by atoms with E-state index in [1.807, 2.05) is 36.4 Å². The van der Waals surface area contributed by atoms with Crippen LogP contribution in [0.4, 0.5) is 0 Å². The summed E-state index contributed by atoms with van der Waals surface area (Å²) in [6.07, 6.45) is 1.79. The lowest BCUT2D eigenvalue weighted by Crippen LogP contribution is -2.15. The number of H-pyrrole nitrogens is 1. The topological polar surface area (TPSA) is 78.8 Å². The maximum atomic E-state index is 12.2. The molecule has 7 heteroatoms. The number of hydrogen-bond acceptors (Lipinski definition) is 5.